The molecule has 2 aromatic carbocycles. The Kier molecular flexibility index (Phi) is 6.31. The molecule has 5 rings (SSSR count). The molecule has 0 aliphatic carbocycles. The SMILES string of the molecule is CC(C)c1cc(-c2ccc(F)cc2)nc2cc(C(=O)N3CCN(C(=O)c4ccccc4)CC3(C)C)oc12. The molecule has 0 unspecified atom stereocenters. The molecule has 37 heavy (non-hydrogen) atoms. The Labute approximate surface area is 215 Å². The van der Waals surface area contributed by atoms with E-state index in [1.165, 1.54) is 12.1 Å². The number of pyridine rings is 1. The number of carbonyl (C=O) groups is 2. The summed E-state index contributed by atoms with van der Waals surface area (Å²) >= 11 is 0. The zero-order valence-electron chi connectivity index (χ0n) is 21.5. The third-order valence-corrected chi connectivity index (χ3v) is 6.94. The van der Waals surface area contributed by atoms with Crippen LogP contribution in [-0.2, 0) is 0 Å². The summed E-state index contributed by atoms with van der Waals surface area (Å²) in [5, 5.41) is 0. The minimum absolute atomic E-state index is 0.0383. The van der Waals surface area contributed by atoms with Gasteiger partial charge in [0.25, 0.3) is 11.8 Å². The average Bonchev–Trinajstić information content (AvgIpc) is 3.32. The number of benzene rings is 2. The van der Waals surface area contributed by atoms with E-state index in [0.717, 1.165) is 11.1 Å². The molecule has 1 aliphatic rings. The molecular weight excluding hydrogens is 469 g/mol. The van der Waals surface area contributed by atoms with Crippen LogP contribution < -0.4 is 0 Å². The van der Waals surface area contributed by atoms with E-state index in [9.17, 15) is 14.0 Å². The van der Waals surface area contributed by atoms with Crippen LogP contribution in [0.5, 0.6) is 0 Å². The highest BCUT2D eigenvalue weighted by molar-refractivity contribution is 5.97. The molecule has 190 valence electrons. The minimum Gasteiger partial charge on any atom is -0.449 e. The summed E-state index contributed by atoms with van der Waals surface area (Å²) in [6, 6.07) is 19.0. The van der Waals surface area contributed by atoms with E-state index in [-0.39, 0.29) is 29.3 Å². The molecule has 1 aliphatic heterocycles. The highest BCUT2D eigenvalue weighted by atomic mass is 19.1. The average molecular weight is 500 g/mol. The number of piperazine rings is 1. The minimum atomic E-state index is -0.591. The lowest BCUT2D eigenvalue weighted by Gasteiger charge is -2.46. The molecule has 1 fully saturated rings. The number of fused-ring (bicyclic) bond motifs is 1. The molecule has 6 nitrogen and oxygen atoms in total. The van der Waals surface area contributed by atoms with Gasteiger partial charge in [-0.05, 0) is 62.2 Å². The van der Waals surface area contributed by atoms with E-state index >= 15 is 0 Å². The van der Waals surface area contributed by atoms with Crippen molar-refractivity contribution in [1.82, 2.24) is 14.8 Å². The van der Waals surface area contributed by atoms with E-state index in [1.807, 2.05) is 38.1 Å². The zero-order valence-corrected chi connectivity index (χ0v) is 21.5. The van der Waals surface area contributed by atoms with E-state index < -0.39 is 5.54 Å². The molecule has 0 saturated carbocycles. The Morgan fingerprint density at radius 2 is 1.68 bits per heavy atom. The maximum atomic E-state index is 13.7. The van der Waals surface area contributed by atoms with E-state index in [1.54, 1.807) is 40.1 Å². The van der Waals surface area contributed by atoms with Gasteiger partial charge in [-0.25, -0.2) is 9.37 Å². The lowest BCUT2D eigenvalue weighted by molar-refractivity contribution is 0.0150. The quantitative estimate of drug-likeness (QED) is 0.339. The van der Waals surface area contributed by atoms with Crippen LogP contribution in [0.25, 0.3) is 22.4 Å². The van der Waals surface area contributed by atoms with Crippen LogP contribution in [-0.4, -0.2) is 51.8 Å². The fourth-order valence-corrected chi connectivity index (χ4v) is 4.95. The number of halogens is 1. The largest absolute Gasteiger partial charge is 0.449 e. The van der Waals surface area contributed by atoms with Gasteiger partial charge in [0, 0.05) is 42.4 Å². The molecule has 2 aromatic heterocycles. The Morgan fingerprint density at radius 1 is 0.973 bits per heavy atom. The summed E-state index contributed by atoms with van der Waals surface area (Å²) in [5.41, 5.74) is 3.64. The summed E-state index contributed by atoms with van der Waals surface area (Å²) in [6.45, 7) is 9.28. The Hall–Kier alpha value is -4.00. The number of amides is 2. The first-order valence-electron chi connectivity index (χ1n) is 12.5. The van der Waals surface area contributed by atoms with Crippen molar-refractivity contribution in [2.45, 2.75) is 39.2 Å². The van der Waals surface area contributed by atoms with Gasteiger partial charge in [-0.2, -0.15) is 0 Å². The molecule has 3 heterocycles. The normalized spacial score (nSPS) is 15.4. The smallest absolute Gasteiger partial charge is 0.290 e. The maximum absolute atomic E-state index is 13.7. The van der Waals surface area contributed by atoms with Crippen LogP contribution in [0.3, 0.4) is 0 Å². The second kappa shape index (κ2) is 9.47. The standard InChI is InChI=1S/C30H30FN3O3/c1-19(2)23-16-24(20-10-12-22(31)13-11-20)32-25-17-26(37-27(23)25)29(36)34-15-14-33(18-30(34,3)4)28(35)21-8-6-5-7-9-21/h5-13,16-17,19H,14-15,18H2,1-4H3. The third kappa shape index (κ3) is 4.73. The zero-order chi connectivity index (χ0) is 26.3. The summed E-state index contributed by atoms with van der Waals surface area (Å²) in [6.07, 6.45) is 0. The number of hydrogen-bond acceptors (Lipinski definition) is 4. The molecule has 0 spiro atoms. The predicted octanol–water partition coefficient (Wildman–Crippen LogP) is 6.13. The van der Waals surface area contributed by atoms with Crippen molar-refractivity contribution in [3.8, 4) is 11.3 Å². The Bertz CT molecular complexity index is 1460. The fraction of sp³-hybridized carbons (Fsp3) is 0.300. The van der Waals surface area contributed by atoms with Crippen LogP contribution in [0.15, 0.2) is 71.1 Å². The van der Waals surface area contributed by atoms with Crippen LogP contribution in [0.1, 0.15) is 60.1 Å². The van der Waals surface area contributed by atoms with E-state index in [2.05, 4.69) is 13.8 Å². The number of carbonyl (C=O) groups excluding carboxylic acids is 2. The van der Waals surface area contributed by atoms with Gasteiger partial charge in [0.1, 0.15) is 11.3 Å². The highest BCUT2D eigenvalue weighted by Crippen LogP contribution is 2.33. The second-order valence-corrected chi connectivity index (χ2v) is 10.4. The summed E-state index contributed by atoms with van der Waals surface area (Å²) in [7, 11) is 0. The van der Waals surface area contributed by atoms with Crippen molar-refractivity contribution in [3.05, 3.63) is 89.4 Å². The lowest BCUT2D eigenvalue weighted by atomic mass is 9.97. The van der Waals surface area contributed by atoms with Crippen molar-refractivity contribution in [2.24, 2.45) is 0 Å². The van der Waals surface area contributed by atoms with Gasteiger partial charge in [0.05, 0.1) is 11.2 Å². The van der Waals surface area contributed by atoms with Gasteiger partial charge in [-0.1, -0.05) is 32.0 Å². The number of rotatable bonds is 4. The van der Waals surface area contributed by atoms with Gasteiger partial charge in [0.15, 0.2) is 11.3 Å². The van der Waals surface area contributed by atoms with Gasteiger partial charge in [-0.15, -0.1) is 0 Å². The molecular formula is C30H30FN3O3. The van der Waals surface area contributed by atoms with Crippen molar-refractivity contribution < 1.29 is 18.4 Å². The molecule has 0 atom stereocenters. The molecule has 7 heteroatoms. The number of nitrogens with zero attached hydrogens (tertiary/aromatic N) is 3. The van der Waals surface area contributed by atoms with Gasteiger partial charge in [-0.3, -0.25) is 9.59 Å². The maximum Gasteiger partial charge on any atom is 0.290 e. The number of hydrogen-bond donors (Lipinski definition) is 0. The Morgan fingerprint density at radius 3 is 2.32 bits per heavy atom. The van der Waals surface area contributed by atoms with Crippen LogP contribution in [0, 0.1) is 5.82 Å². The molecule has 4 aromatic rings. The summed E-state index contributed by atoms with van der Waals surface area (Å²) in [5.74, 6) is -0.228. The van der Waals surface area contributed by atoms with Crippen molar-refractivity contribution in [3.63, 3.8) is 0 Å². The first kappa shape index (κ1) is 24.7. The van der Waals surface area contributed by atoms with Crippen LogP contribution in [0.4, 0.5) is 4.39 Å². The molecule has 2 amide bonds. The first-order valence-corrected chi connectivity index (χ1v) is 12.5. The first-order chi connectivity index (χ1) is 17.6. The number of aromatic nitrogens is 1. The molecule has 0 radical (unpaired) electrons. The highest BCUT2D eigenvalue weighted by Gasteiger charge is 2.40. The van der Waals surface area contributed by atoms with Crippen molar-refractivity contribution >= 4 is 22.9 Å². The predicted molar refractivity (Wildman–Crippen MR) is 141 cm³/mol. The molecule has 1 saturated heterocycles. The number of furan rings is 1. The van der Waals surface area contributed by atoms with Crippen LogP contribution in [0.2, 0.25) is 0 Å². The van der Waals surface area contributed by atoms with Crippen LogP contribution >= 0.6 is 0 Å². The van der Waals surface area contributed by atoms with E-state index in [0.29, 0.717) is 42.0 Å². The van der Waals surface area contributed by atoms with Crippen molar-refractivity contribution in [1.29, 1.82) is 0 Å². The monoisotopic (exact) mass is 499 g/mol. The van der Waals surface area contributed by atoms with E-state index in [4.69, 9.17) is 9.40 Å². The Balaban J connectivity index is 1.44. The summed E-state index contributed by atoms with van der Waals surface area (Å²) < 4.78 is 19.6. The van der Waals surface area contributed by atoms with Gasteiger partial charge >= 0.3 is 0 Å². The second-order valence-electron chi connectivity index (χ2n) is 10.4. The topological polar surface area (TPSA) is 66.7 Å². The lowest BCUT2D eigenvalue weighted by Crippen LogP contribution is -2.62. The fourth-order valence-electron chi connectivity index (χ4n) is 4.95. The summed E-state index contributed by atoms with van der Waals surface area (Å²) in [4.78, 5) is 35.0. The third-order valence-electron chi connectivity index (χ3n) is 6.94. The molecule has 0 bridgehead atoms. The van der Waals surface area contributed by atoms with Gasteiger partial charge in [0.2, 0.25) is 0 Å². The van der Waals surface area contributed by atoms with Gasteiger partial charge < -0.3 is 14.2 Å². The molecule has 0 N–H and O–H groups in total. The van der Waals surface area contributed by atoms with Crippen molar-refractivity contribution in [2.75, 3.05) is 19.6 Å².